The molecule has 0 aromatic heterocycles. The lowest BCUT2D eigenvalue weighted by Gasteiger charge is -2.14. The molecule has 2 nitrogen and oxygen atoms in total. The summed E-state index contributed by atoms with van der Waals surface area (Å²) in [7, 11) is 0. The molecule has 0 fully saturated rings. The molecular weight excluding hydrogens is 266 g/mol. The summed E-state index contributed by atoms with van der Waals surface area (Å²) in [4.78, 5) is 0. The van der Waals surface area contributed by atoms with Gasteiger partial charge in [0.25, 0.3) is 0 Å². The van der Waals surface area contributed by atoms with E-state index in [0.717, 1.165) is 24.0 Å². The Morgan fingerprint density at radius 2 is 2.38 bits per heavy atom. The first-order valence-corrected chi connectivity index (χ1v) is 6.24. The van der Waals surface area contributed by atoms with E-state index in [1.165, 1.54) is 11.8 Å². The lowest BCUT2D eigenvalue weighted by molar-refractivity contribution is 0.243. The monoisotopic (exact) mass is 283 g/mol. The Bertz CT molecular complexity index is 327. The zero-order chi connectivity index (χ0) is 11.8. The molecule has 0 heterocycles. The molecule has 3 heteroatoms. The maximum atomic E-state index is 5.06. The minimum Gasteiger partial charge on any atom is -0.502 e. The highest BCUT2D eigenvalue weighted by molar-refractivity contribution is 9.10. The van der Waals surface area contributed by atoms with Crippen LogP contribution < -0.4 is 5.32 Å². The van der Waals surface area contributed by atoms with Gasteiger partial charge < -0.3 is 10.1 Å². The second-order valence-electron chi connectivity index (χ2n) is 3.62. The molecule has 0 bridgehead atoms. The van der Waals surface area contributed by atoms with E-state index in [-0.39, 0.29) is 0 Å². The number of nitrogens with one attached hydrogen (secondary N) is 1. The largest absolute Gasteiger partial charge is 0.502 e. The Balaban J connectivity index is 2.29. The topological polar surface area (TPSA) is 21.3 Å². The van der Waals surface area contributed by atoms with E-state index in [2.05, 4.69) is 52.9 Å². The van der Waals surface area contributed by atoms with E-state index >= 15 is 0 Å². The molecule has 0 aliphatic heterocycles. The standard InChI is InChI=1S/C13H18BrNO/c1-3-16-9-5-8-15-11(2)12-6-4-7-13(14)10-12/h3-4,6-7,10-11,15H,1,5,8-9H2,2H3. The summed E-state index contributed by atoms with van der Waals surface area (Å²) in [5.74, 6) is 0. The molecule has 1 aromatic carbocycles. The second kappa shape index (κ2) is 7.47. The third kappa shape index (κ3) is 4.81. The van der Waals surface area contributed by atoms with E-state index in [0.29, 0.717) is 6.04 Å². The van der Waals surface area contributed by atoms with Gasteiger partial charge in [0, 0.05) is 10.5 Å². The predicted molar refractivity (Wildman–Crippen MR) is 71.3 cm³/mol. The summed E-state index contributed by atoms with van der Waals surface area (Å²) in [6, 6.07) is 8.72. The zero-order valence-corrected chi connectivity index (χ0v) is 11.2. The van der Waals surface area contributed by atoms with Gasteiger partial charge in [-0.15, -0.1) is 0 Å². The first-order chi connectivity index (χ1) is 7.74. The number of hydrogen-bond donors (Lipinski definition) is 1. The number of benzene rings is 1. The van der Waals surface area contributed by atoms with Crippen LogP contribution in [-0.4, -0.2) is 13.2 Å². The number of halogens is 1. The minimum absolute atomic E-state index is 0.362. The highest BCUT2D eigenvalue weighted by Gasteiger charge is 2.03. The second-order valence-corrected chi connectivity index (χ2v) is 4.54. The van der Waals surface area contributed by atoms with Crippen LogP contribution in [0.3, 0.4) is 0 Å². The highest BCUT2D eigenvalue weighted by atomic mass is 79.9. The van der Waals surface area contributed by atoms with Gasteiger partial charge in [-0.3, -0.25) is 0 Å². The van der Waals surface area contributed by atoms with E-state index in [4.69, 9.17) is 4.74 Å². The summed E-state index contributed by atoms with van der Waals surface area (Å²) in [5.41, 5.74) is 1.29. The fourth-order valence-corrected chi connectivity index (χ4v) is 1.87. The van der Waals surface area contributed by atoms with Crippen molar-refractivity contribution in [3.05, 3.63) is 47.1 Å². The van der Waals surface area contributed by atoms with Crippen LogP contribution in [0.1, 0.15) is 24.9 Å². The summed E-state index contributed by atoms with van der Waals surface area (Å²) in [6.07, 6.45) is 2.47. The molecule has 88 valence electrons. The molecule has 0 spiro atoms. The molecule has 1 atom stereocenters. The number of hydrogen-bond acceptors (Lipinski definition) is 2. The molecule has 0 saturated heterocycles. The molecule has 16 heavy (non-hydrogen) atoms. The van der Waals surface area contributed by atoms with Crippen molar-refractivity contribution >= 4 is 15.9 Å². The summed E-state index contributed by atoms with van der Waals surface area (Å²) in [6.45, 7) is 7.34. The Hall–Kier alpha value is -0.800. The van der Waals surface area contributed by atoms with Gasteiger partial charge in [0.05, 0.1) is 12.9 Å². The lowest BCUT2D eigenvalue weighted by Crippen LogP contribution is -2.20. The van der Waals surface area contributed by atoms with Crippen molar-refractivity contribution in [3.63, 3.8) is 0 Å². The fraction of sp³-hybridized carbons (Fsp3) is 0.385. The van der Waals surface area contributed by atoms with Gasteiger partial charge in [0.15, 0.2) is 0 Å². The molecule has 1 aromatic rings. The summed E-state index contributed by atoms with van der Waals surface area (Å²) >= 11 is 3.47. The first kappa shape index (κ1) is 13.3. The Kier molecular flexibility index (Phi) is 6.19. The van der Waals surface area contributed by atoms with Crippen molar-refractivity contribution in [2.45, 2.75) is 19.4 Å². The molecule has 1 N–H and O–H groups in total. The van der Waals surface area contributed by atoms with Crippen molar-refractivity contribution in [2.75, 3.05) is 13.2 Å². The van der Waals surface area contributed by atoms with E-state index < -0.39 is 0 Å². The van der Waals surface area contributed by atoms with Crippen LogP contribution in [0.4, 0.5) is 0 Å². The van der Waals surface area contributed by atoms with Gasteiger partial charge in [-0.05, 0) is 37.6 Å². The Morgan fingerprint density at radius 1 is 1.56 bits per heavy atom. The smallest absolute Gasteiger partial charge is 0.0885 e. The van der Waals surface area contributed by atoms with Crippen molar-refractivity contribution in [1.29, 1.82) is 0 Å². The molecular formula is C13H18BrNO. The zero-order valence-electron chi connectivity index (χ0n) is 9.58. The molecule has 1 unspecified atom stereocenters. The van der Waals surface area contributed by atoms with Crippen molar-refractivity contribution < 1.29 is 4.74 Å². The summed E-state index contributed by atoms with van der Waals surface area (Å²) in [5, 5.41) is 3.45. The van der Waals surface area contributed by atoms with Gasteiger partial charge in [-0.2, -0.15) is 0 Å². The average Bonchev–Trinajstić information content (AvgIpc) is 2.28. The van der Waals surface area contributed by atoms with Gasteiger partial charge in [0.2, 0.25) is 0 Å². The van der Waals surface area contributed by atoms with Gasteiger partial charge >= 0.3 is 0 Å². The van der Waals surface area contributed by atoms with Crippen LogP contribution in [0.25, 0.3) is 0 Å². The Morgan fingerprint density at radius 3 is 3.06 bits per heavy atom. The third-order valence-corrected chi connectivity index (χ3v) is 2.85. The maximum Gasteiger partial charge on any atom is 0.0885 e. The summed E-state index contributed by atoms with van der Waals surface area (Å²) < 4.78 is 6.18. The maximum absolute atomic E-state index is 5.06. The van der Waals surface area contributed by atoms with Crippen molar-refractivity contribution in [2.24, 2.45) is 0 Å². The molecule has 0 aliphatic carbocycles. The quantitative estimate of drug-likeness (QED) is 0.609. The average molecular weight is 284 g/mol. The first-order valence-electron chi connectivity index (χ1n) is 5.45. The SMILES string of the molecule is C=COCCCNC(C)c1cccc(Br)c1. The van der Waals surface area contributed by atoms with Gasteiger partial charge in [0.1, 0.15) is 0 Å². The molecule has 0 radical (unpaired) electrons. The van der Waals surface area contributed by atoms with E-state index in [1.54, 1.807) is 0 Å². The predicted octanol–water partition coefficient (Wildman–Crippen LogP) is 3.65. The lowest BCUT2D eigenvalue weighted by atomic mass is 10.1. The molecule has 0 amide bonds. The Labute approximate surface area is 106 Å². The van der Waals surface area contributed by atoms with Crippen LogP contribution in [0.15, 0.2) is 41.6 Å². The molecule has 0 aliphatic rings. The highest BCUT2D eigenvalue weighted by Crippen LogP contribution is 2.17. The van der Waals surface area contributed by atoms with Crippen molar-refractivity contribution in [1.82, 2.24) is 5.32 Å². The third-order valence-electron chi connectivity index (χ3n) is 2.36. The van der Waals surface area contributed by atoms with E-state index in [1.807, 2.05) is 6.07 Å². The van der Waals surface area contributed by atoms with Crippen LogP contribution in [0.2, 0.25) is 0 Å². The number of rotatable bonds is 7. The molecule has 0 saturated carbocycles. The van der Waals surface area contributed by atoms with Gasteiger partial charge in [-0.25, -0.2) is 0 Å². The van der Waals surface area contributed by atoms with Gasteiger partial charge in [-0.1, -0.05) is 34.6 Å². The minimum atomic E-state index is 0.362. The fourth-order valence-electron chi connectivity index (χ4n) is 1.45. The normalized spacial score (nSPS) is 12.1. The van der Waals surface area contributed by atoms with E-state index in [9.17, 15) is 0 Å². The molecule has 1 rings (SSSR count). The van der Waals surface area contributed by atoms with Crippen molar-refractivity contribution in [3.8, 4) is 0 Å². The van der Waals surface area contributed by atoms with Crippen LogP contribution in [0.5, 0.6) is 0 Å². The van der Waals surface area contributed by atoms with Crippen LogP contribution >= 0.6 is 15.9 Å². The van der Waals surface area contributed by atoms with Crippen LogP contribution in [-0.2, 0) is 4.74 Å². The number of ether oxygens (including phenoxy) is 1. The van der Waals surface area contributed by atoms with Crippen LogP contribution in [0, 0.1) is 0 Å².